The largest absolute Gasteiger partial charge is 0.480 e. The summed E-state index contributed by atoms with van der Waals surface area (Å²) in [5, 5.41) is 10.3. The number of aromatic nitrogens is 2. The standard InChI is InChI=1S/C18H15N3O3/c1-23-17-12-11-16(20-21-17)18(22)19-13-7-9-15(10-8-13)24-14-5-3-2-4-6-14/h2-12H,1H3,(H,19,22). The van der Waals surface area contributed by atoms with Crippen molar-refractivity contribution in [3.8, 4) is 17.4 Å². The third-order valence-electron chi connectivity index (χ3n) is 3.17. The molecule has 0 radical (unpaired) electrons. The maximum atomic E-state index is 12.1. The number of methoxy groups -OCH3 is 1. The molecule has 0 spiro atoms. The number of nitrogens with zero attached hydrogens (tertiary/aromatic N) is 2. The van der Waals surface area contributed by atoms with Crippen LogP contribution in [-0.2, 0) is 0 Å². The zero-order chi connectivity index (χ0) is 16.8. The number of benzene rings is 2. The molecule has 0 atom stereocenters. The summed E-state index contributed by atoms with van der Waals surface area (Å²) in [5.41, 5.74) is 0.846. The van der Waals surface area contributed by atoms with E-state index in [1.54, 1.807) is 36.4 Å². The lowest BCUT2D eigenvalue weighted by atomic mass is 10.3. The highest BCUT2D eigenvalue weighted by molar-refractivity contribution is 6.02. The van der Waals surface area contributed by atoms with Crippen LogP contribution in [0.5, 0.6) is 17.4 Å². The van der Waals surface area contributed by atoms with Gasteiger partial charge >= 0.3 is 0 Å². The quantitative estimate of drug-likeness (QED) is 0.778. The molecular formula is C18H15N3O3. The predicted molar refractivity (Wildman–Crippen MR) is 89.5 cm³/mol. The molecule has 0 saturated heterocycles. The SMILES string of the molecule is COc1ccc(C(=O)Nc2ccc(Oc3ccccc3)cc2)nn1. The van der Waals surface area contributed by atoms with Crippen molar-refractivity contribution in [1.82, 2.24) is 10.2 Å². The van der Waals surface area contributed by atoms with Gasteiger partial charge in [-0.1, -0.05) is 18.2 Å². The molecule has 2 aromatic carbocycles. The molecule has 0 bridgehead atoms. The van der Waals surface area contributed by atoms with Crippen molar-refractivity contribution >= 4 is 11.6 Å². The van der Waals surface area contributed by atoms with E-state index in [4.69, 9.17) is 9.47 Å². The number of carbonyl (C=O) groups is 1. The summed E-state index contributed by atoms with van der Waals surface area (Å²) in [6, 6.07) is 19.7. The number of hydrogen-bond acceptors (Lipinski definition) is 5. The van der Waals surface area contributed by atoms with Gasteiger partial charge in [0.2, 0.25) is 5.88 Å². The molecule has 6 nitrogen and oxygen atoms in total. The average Bonchev–Trinajstić information content (AvgIpc) is 2.64. The smallest absolute Gasteiger partial charge is 0.276 e. The molecule has 1 N–H and O–H groups in total. The van der Waals surface area contributed by atoms with Gasteiger partial charge in [0.1, 0.15) is 11.5 Å². The zero-order valence-corrected chi connectivity index (χ0v) is 13.0. The van der Waals surface area contributed by atoms with Gasteiger partial charge in [0.25, 0.3) is 5.91 Å². The van der Waals surface area contributed by atoms with E-state index in [1.807, 2.05) is 30.3 Å². The maximum absolute atomic E-state index is 12.1. The van der Waals surface area contributed by atoms with Gasteiger partial charge in [0.05, 0.1) is 7.11 Å². The van der Waals surface area contributed by atoms with Gasteiger partial charge in [-0.3, -0.25) is 4.79 Å². The first-order valence-corrected chi connectivity index (χ1v) is 7.26. The van der Waals surface area contributed by atoms with Crippen molar-refractivity contribution in [2.75, 3.05) is 12.4 Å². The van der Waals surface area contributed by atoms with E-state index in [0.29, 0.717) is 17.3 Å². The highest BCUT2D eigenvalue weighted by atomic mass is 16.5. The first kappa shape index (κ1) is 15.5. The molecule has 120 valence electrons. The molecule has 6 heteroatoms. The van der Waals surface area contributed by atoms with E-state index >= 15 is 0 Å². The molecule has 0 aliphatic rings. The first-order valence-electron chi connectivity index (χ1n) is 7.26. The monoisotopic (exact) mass is 321 g/mol. The van der Waals surface area contributed by atoms with Crippen molar-refractivity contribution in [1.29, 1.82) is 0 Å². The van der Waals surface area contributed by atoms with Gasteiger partial charge in [-0.05, 0) is 42.5 Å². The van der Waals surface area contributed by atoms with Crippen molar-refractivity contribution < 1.29 is 14.3 Å². The summed E-state index contributed by atoms with van der Waals surface area (Å²) in [7, 11) is 1.49. The minimum Gasteiger partial charge on any atom is -0.480 e. The van der Waals surface area contributed by atoms with E-state index in [2.05, 4.69) is 15.5 Å². The molecule has 0 aliphatic carbocycles. The van der Waals surface area contributed by atoms with Crippen LogP contribution in [0.15, 0.2) is 66.7 Å². The van der Waals surface area contributed by atoms with Gasteiger partial charge < -0.3 is 14.8 Å². The van der Waals surface area contributed by atoms with Crippen molar-refractivity contribution in [3.63, 3.8) is 0 Å². The molecule has 3 rings (SSSR count). The number of nitrogens with one attached hydrogen (secondary N) is 1. The van der Waals surface area contributed by atoms with E-state index in [-0.39, 0.29) is 11.6 Å². The van der Waals surface area contributed by atoms with Gasteiger partial charge in [-0.25, -0.2) is 0 Å². The highest BCUT2D eigenvalue weighted by Gasteiger charge is 2.09. The summed E-state index contributed by atoms with van der Waals surface area (Å²) < 4.78 is 10.6. The van der Waals surface area contributed by atoms with E-state index < -0.39 is 0 Å². The Balaban J connectivity index is 1.64. The summed E-state index contributed by atoms with van der Waals surface area (Å²) in [4.78, 5) is 12.1. The van der Waals surface area contributed by atoms with E-state index in [0.717, 1.165) is 5.75 Å². The van der Waals surface area contributed by atoms with Crippen LogP contribution in [0.4, 0.5) is 5.69 Å². The first-order chi connectivity index (χ1) is 11.7. The molecule has 0 unspecified atom stereocenters. The number of ether oxygens (including phenoxy) is 2. The van der Waals surface area contributed by atoms with Crippen LogP contribution in [-0.4, -0.2) is 23.2 Å². The molecule has 0 saturated carbocycles. The topological polar surface area (TPSA) is 73.3 Å². The third kappa shape index (κ3) is 3.86. The Hall–Kier alpha value is -3.41. The van der Waals surface area contributed by atoms with Crippen LogP contribution < -0.4 is 14.8 Å². The number of carbonyl (C=O) groups excluding carboxylic acids is 1. The average molecular weight is 321 g/mol. The minimum absolute atomic E-state index is 0.209. The summed E-state index contributed by atoms with van der Waals surface area (Å²) in [6.45, 7) is 0. The lowest BCUT2D eigenvalue weighted by molar-refractivity contribution is 0.102. The van der Waals surface area contributed by atoms with E-state index in [1.165, 1.54) is 7.11 Å². The van der Waals surface area contributed by atoms with Gasteiger partial charge in [0, 0.05) is 11.8 Å². The van der Waals surface area contributed by atoms with Crippen molar-refractivity contribution in [2.24, 2.45) is 0 Å². The fourth-order valence-corrected chi connectivity index (χ4v) is 1.98. The molecule has 24 heavy (non-hydrogen) atoms. The Kier molecular flexibility index (Phi) is 4.67. The summed E-state index contributed by atoms with van der Waals surface area (Å²) in [5.74, 6) is 1.45. The summed E-state index contributed by atoms with van der Waals surface area (Å²) in [6.07, 6.45) is 0. The van der Waals surface area contributed by atoms with Crippen LogP contribution in [0, 0.1) is 0 Å². The van der Waals surface area contributed by atoms with Crippen LogP contribution in [0.2, 0.25) is 0 Å². The fourth-order valence-electron chi connectivity index (χ4n) is 1.98. The Labute approximate surface area is 139 Å². The molecule has 3 aromatic rings. The second kappa shape index (κ2) is 7.23. The summed E-state index contributed by atoms with van der Waals surface area (Å²) >= 11 is 0. The molecule has 1 amide bonds. The fraction of sp³-hybridized carbons (Fsp3) is 0.0556. The third-order valence-corrected chi connectivity index (χ3v) is 3.17. The maximum Gasteiger partial charge on any atom is 0.276 e. The van der Waals surface area contributed by atoms with Crippen LogP contribution in [0.1, 0.15) is 10.5 Å². The Morgan fingerprint density at radius 2 is 1.58 bits per heavy atom. The van der Waals surface area contributed by atoms with E-state index in [9.17, 15) is 4.79 Å². The lowest BCUT2D eigenvalue weighted by Crippen LogP contribution is -2.14. The number of rotatable bonds is 5. The zero-order valence-electron chi connectivity index (χ0n) is 13.0. The second-order valence-electron chi connectivity index (χ2n) is 4.85. The van der Waals surface area contributed by atoms with Gasteiger partial charge in [0.15, 0.2) is 5.69 Å². The number of hydrogen-bond donors (Lipinski definition) is 1. The number of amides is 1. The van der Waals surface area contributed by atoms with Crippen molar-refractivity contribution in [3.05, 3.63) is 72.4 Å². The molecular weight excluding hydrogens is 306 g/mol. The van der Waals surface area contributed by atoms with Crippen molar-refractivity contribution in [2.45, 2.75) is 0 Å². The minimum atomic E-state index is -0.345. The number of para-hydroxylation sites is 1. The Morgan fingerprint density at radius 1 is 0.875 bits per heavy atom. The molecule has 1 heterocycles. The molecule has 0 fully saturated rings. The van der Waals surface area contributed by atoms with Crippen LogP contribution in [0.3, 0.4) is 0 Å². The van der Waals surface area contributed by atoms with Crippen LogP contribution in [0.25, 0.3) is 0 Å². The Bertz CT molecular complexity index is 803. The van der Waals surface area contributed by atoms with Crippen LogP contribution >= 0.6 is 0 Å². The lowest BCUT2D eigenvalue weighted by Gasteiger charge is -2.08. The molecule has 0 aliphatic heterocycles. The van der Waals surface area contributed by atoms with Gasteiger partial charge in [-0.2, -0.15) is 0 Å². The second-order valence-corrected chi connectivity index (χ2v) is 4.85. The number of anilines is 1. The van der Waals surface area contributed by atoms with Gasteiger partial charge in [-0.15, -0.1) is 10.2 Å². The Morgan fingerprint density at radius 3 is 2.21 bits per heavy atom. The predicted octanol–water partition coefficient (Wildman–Crippen LogP) is 3.53. The molecule has 1 aromatic heterocycles. The highest BCUT2D eigenvalue weighted by Crippen LogP contribution is 2.22. The normalized spacial score (nSPS) is 10.0.